The number of rotatable bonds is 9. The number of benzene rings is 1. The molecule has 2 rings (SSSR count). The van der Waals surface area contributed by atoms with Gasteiger partial charge in [0.1, 0.15) is 17.8 Å². The van der Waals surface area contributed by atoms with Gasteiger partial charge in [-0.25, -0.2) is 4.79 Å². The number of hydrogen-bond donors (Lipinski definition) is 2. The molecule has 1 heterocycles. The highest BCUT2D eigenvalue weighted by molar-refractivity contribution is 6.09. The van der Waals surface area contributed by atoms with Crippen LogP contribution in [0, 0.1) is 0 Å². The molecule has 0 spiro atoms. The second-order valence-electron chi connectivity index (χ2n) is 7.14. The maximum atomic E-state index is 12.8. The van der Waals surface area contributed by atoms with Gasteiger partial charge in [-0.05, 0) is 44.9 Å². The molecule has 166 valence electrons. The Morgan fingerprint density at radius 1 is 1.23 bits per heavy atom. The standard InChI is InChI=1S/C19H24F3N3O5/c1-12(2)29-10-4-9-23-15(26)11-25-16(27)18(3,24-17(25)28)13-5-7-14(8-6-13)30-19(20,21)22/h5-8,12H,4,9-11H2,1-3H3,(H,23,26)(H,24,28). The van der Waals surface area contributed by atoms with Gasteiger partial charge in [-0.1, -0.05) is 12.1 Å². The van der Waals surface area contributed by atoms with Crippen molar-refractivity contribution in [1.82, 2.24) is 15.5 Å². The van der Waals surface area contributed by atoms with Gasteiger partial charge in [0.2, 0.25) is 5.91 Å². The largest absolute Gasteiger partial charge is 0.573 e. The van der Waals surface area contributed by atoms with Crippen LogP contribution < -0.4 is 15.4 Å². The van der Waals surface area contributed by atoms with Gasteiger partial charge in [0.05, 0.1) is 6.10 Å². The molecule has 1 fully saturated rings. The van der Waals surface area contributed by atoms with Crippen molar-refractivity contribution < 1.29 is 37.0 Å². The highest BCUT2D eigenvalue weighted by atomic mass is 19.4. The van der Waals surface area contributed by atoms with Crippen LogP contribution in [0.25, 0.3) is 0 Å². The van der Waals surface area contributed by atoms with Crippen LogP contribution in [0.5, 0.6) is 5.75 Å². The monoisotopic (exact) mass is 431 g/mol. The Balaban J connectivity index is 1.96. The molecule has 11 heteroatoms. The van der Waals surface area contributed by atoms with E-state index < -0.39 is 42.0 Å². The third kappa shape index (κ3) is 6.09. The molecule has 2 N–H and O–H groups in total. The lowest BCUT2D eigenvalue weighted by Crippen LogP contribution is -2.43. The summed E-state index contributed by atoms with van der Waals surface area (Å²) >= 11 is 0. The van der Waals surface area contributed by atoms with Gasteiger partial charge in [0, 0.05) is 13.2 Å². The molecule has 1 unspecified atom stereocenters. The van der Waals surface area contributed by atoms with Crippen LogP contribution in [0.3, 0.4) is 0 Å². The predicted octanol–water partition coefficient (Wildman–Crippen LogP) is 2.28. The summed E-state index contributed by atoms with van der Waals surface area (Å²) in [6.45, 7) is 5.52. The van der Waals surface area contributed by atoms with E-state index in [0.29, 0.717) is 19.6 Å². The van der Waals surface area contributed by atoms with E-state index in [0.717, 1.165) is 17.0 Å². The van der Waals surface area contributed by atoms with Crippen LogP contribution in [0.1, 0.15) is 32.8 Å². The van der Waals surface area contributed by atoms with Crippen LogP contribution in [-0.2, 0) is 19.9 Å². The molecule has 1 atom stereocenters. The number of nitrogens with one attached hydrogen (secondary N) is 2. The molecule has 1 aliphatic rings. The zero-order valence-electron chi connectivity index (χ0n) is 16.8. The minimum absolute atomic E-state index is 0.0818. The number of imide groups is 1. The van der Waals surface area contributed by atoms with E-state index >= 15 is 0 Å². The van der Waals surface area contributed by atoms with Crippen molar-refractivity contribution >= 4 is 17.8 Å². The lowest BCUT2D eigenvalue weighted by molar-refractivity contribution is -0.274. The molecule has 0 saturated carbocycles. The Hall–Kier alpha value is -2.82. The molecule has 0 radical (unpaired) electrons. The van der Waals surface area contributed by atoms with Crippen molar-refractivity contribution in [3.05, 3.63) is 29.8 Å². The number of alkyl halides is 3. The first-order chi connectivity index (χ1) is 13.9. The number of ether oxygens (including phenoxy) is 2. The minimum atomic E-state index is -4.84. The minimum Gasteiger partial charge on any atom is -0.406 e. The highest BCUT2D eigenvalue weighted by Crippen LogP contribution is 2.31. The molecule has 0 aliphatic carbocycles. The van der Waals surface area contributed by atoms with Crippen LogP contribution in [0.2, 0.25) is 0 Å². The number of urea groups is 1. The van der Waals surface area contributed by atoms with E-state index in [1.54, 1.807) is 0 Å². The summed E-state index contributed by atoms with van der Waals surface area (Å²) in [5.41, 5.74) is -1.26. The molecule has 8 nitrogen and oxygen atoms in total. The third-order valence-corrected chi connectivity index (χ3v) is 4.34. The maximum Gasteiger partial charge on any atom is 0.573 e. The fraction of sp³-hybridized carbons (Fsp3) is 0.526. The normalized spacial score (nSPS) is 19.2. The van der Waals surface area contributed by atoms with Crippen molar-refractivity contribution in [3.63, 3.8) is 0 Å². The summed E-state index contributed by atoms with van der Waals surface area (Å²) < 4.78 is 46.0. The Morgan fingerprint density at radius 3 is 2.43 bits per heavy atom. The Morgan fingerprint density at radius 2 is 1.87 bits per heavy atom. The van der Waals surface area contributed by atoms with Gasteiger partial charge >= 0.3 is 12.4 Å². The van der Waals surface area contributed by atoms with Crippen molar-refractivity contribution in [3.8, 4) is 5.75 Å². The Bertz CT molecular complexity index is 783. The van der Waals surface area contributed by atoms with Crippen molar-refractivity contribution in [2.45, 2.75) is 45.2 Å². The lowest BCUT2D eigenvalue weighted by Gasteiger charge is -2.22. The molecule has 4 amide bonds. The van der Waals surface area contributed by atoms with E-state index in [4.69, 9.17) is 4.74 Å². The van der Waals surface area contributed by atoms with Crippen molar-refractivity contribution in [1.29, 1.82) is 0 Å². The smallest absolute Gasteiger partial charge is 0.406 e. The van der Waals surface area contributed by atoms with Crippen molar-refractivity contribution in [2.24, 2.45) is 0 Å². The van der Waals surface area contributed by atoms with Gasteiger partial charge in [0.25, 0.3) is 5.91 Å². The third-order valence-electron chi connectivity index (χ3n) is 4.34. The van der Waals surface area contributed by atoms with Gasteiger partial charge in [-0.3, -0.25) is 14.5 Å². The average Bonchev–Trinajstić information content (AvgIpc) is 2.84. The molecular weight excluding hydrogens is 407 g/mol. The SMILES string of the molecule is CC(C)OCCCNC(=O)CN1C(=O)NC(C)(c2ccc(OC(F)(F)F)cc2)C1=O. The van der Waals surface area contributed by atoms with E-state index in [-0.39, 0.29) is 11.7 Å². The van der Waals surface area contributed by atoms with E-state index in [1.165, 1.54) is 19.1 Å². The first-order valence-corrected chi connectivity index (χ1v) is 9.31. The van der Waals surface area contributed by atoms with E-state index in [1.807, 2.05) is 13.8 Å². The first-order valence-electron chi connectivity index (χ1n) is 9.31. The molecule has 1 saturated heterocycles. The lowest BCUT2D eigenvalue weighted by atomic mass is 9.92. The summed E-state index contributed by atoms with van der Waals surface area (Å²) in [4.78, 5) is 37.8. The molecule has 1 aromatic rings. The Labute approximate surface area is 171 Å². The fourth-order valence-corrected chi connectivity index (χ4v) is 2.84. The second-order valence-corrected chi connectivity index (χ2v) is 7.14. The van der Waals surface area contributed by atoms with Gasteiger partial charge in [-0.2, -0.15) is 0 Å². The summed E-state index contributed by atoms with van der Waals surface area (Å²) in [6.07, 6.45) is -4.18. The second kappa shape index (κ2) is 9.33. The highest BCUT2D eigenvalue weighted by Gasteiger charge is 2.49. The maximum absolute atomic E-state index is 12.8. The summed E-state index contributed by atoms with van der Waals surface area (Å²) in [5.74, 6) is -1.65. The molecule has 30 heavy (non-hydrogen) atoms. The number of amides is 4. The topological polar surface area (TPSA) is 97.0 Å². The summed E-state index contributed by atoms with van der Waals surface area (Å²) in [6, 6.07) is 3.82. The Kier molecular flexibility index (Phi) is 7.30. The number of nitrogens with zero attached hydrogens (tertiary/aromatic N) is 1. The molecule has 1 aliphatic heterocycles. The quantitative estimate of drug-likeness (QED) is 0.462. The van der Waals surface area contributed by atoms with E-state index in [2.05, 4.69) is 15.4 Å². The van der Waals surface area contributed by atoms with Crippen LogP contribution in [0.15, 0.2) is 24.3 Å². The predicted molar refractivity (Wildman–Crippen MR) is 99.4 cm³/mol. The van der Waals surface area contributed by atoms with E-state index in [9.17, 15) is 27.6 Å². The number of hydrogen-bond acceptors (Lipinski definition) is 5. The number of carbonyl (C=O) groups excluding carboxylic acids is 3. The zero-order chi connectivity index (χ0) is 22.5. The van der Waals surface area contributed by atoms with Crippen LogP contribution >= 0.6 is 0 Å². The van der Waals surface area contributed by atoms with Gasteiger partial charge < -0.3 is 20.1 Å². The molecular formula is C19H24F3N3O5. The van der Waals surface area contributed by atoms with Gasteiger partial charge in [0.15, 0.2) is 0 Å². The summed E-state index contributed by atoms with van der Waals surface area (Å²) in [7, 11) is 0. The zero-order valence-corrected chi connectivity index (χ0v) is 16.8. The van der Waals surface area contributed by atoms with Crippen molar-refractivity contribution in [2.75, 3.05) is 19.7 Å². The van der Waals surface area contributed by atoms with Gasteiger partial charge in [-0.15, -0.1) is 13.2 Å². The van der Waals surface area contributed by atoms with Crippen LogP contribution in [0.4, 0.5) is 18.0 Å². The average molecular weight is 431 g/mol. The number of halogens is 3. The first kappa shape index (κ1) is 23.5. The molecule has 0 bridgehead atoms. The molecule has 1 aromatic carbocycles. The number of carbonyl (C=O) groups is 3. The fourth-order valence-electron chi connectivity index (χ4n) is 2.84. The van der Waals surface area contributed by atoms with Crippen LogP contribution in [-0.4, -0.2) is 54.9 Å². The summed E-state index contributed by atoms with van der Waals surface area (Å²) in [5, 5.41) is 5.09. The molecule has 0 aromatic heterocycles.